The Morgan fingerprint density at radius 1 is 0.923 bits per heavy atom. The lowest BCUT2D eigenvalue weighted by Gasteiger charge is -2.56. The van der Waals surface area contributed by atoms with E-state index in [1.54, 1.807) is 0 Å². The largest absolute Gasteiger partial charge is 0.182 e. The molecule has 0 amide bonds. The fourth-order valence-corrected chi connectivity index (χ4v) is 8.52. The first-order chi connectivity index (χ1) is 12.6. The molecule has 0 spiro atoms. The summed E-state index contributed by atoms with van der Waals surface area (Å²) in [6, 6.07) is 0.448. The van der Waals surface area contributed by atoms with Crippen molar-refractivity contribution in [2.24, 2.45) is 46.8 Å². The summed E-state index contributed by atoms with van der Waals surface area (Å²) in [6.07, 6.45) is 17.1. The standard InChI is InChI=1S/C23H37N3/c1-15-4-6-18-17(14-15)5-7-20-19(18)10-11-23(3)21(8-9-22(20)23)16(2)26-24-12-13-25-26/h12-13,15-22H,4-11,14H2,1-3H3. The normalized spacial score (nSPS) is 49.1. The molecule has 0 radical (unpaired) electrons. The Morgan fingerprint density at radius 2 is 1.69 bits per heavy atom. The molecule has 0 aliphatic heterocycles. The first-order valence-corrected chi connectivity index (χ1v) is 11.4. The van der Waals surface area contributed by atoms with Crippen LogP contribution in [0.1, 0.15) is 84.6 Å². The van der Waals surface area contributed by atoms with E-state index in [1.165, 1.54) is 57.8 Å². The maximum Gasteiger partial charge on any atom is 0.0721 e. The number of aromatic nitrogens is 3. The Hall–Kier alpha value is -0.860. The molecule has 9 atom stereocenters. The lowest BCUT2D eigenvalue weighted by atomic mass is 9.49. The molecule has 3 nitrogen and oxygen atoms in total. The van der Waals surface area contributed by atoms with Gasteiger partial charge in [-0.2, -0.15) is 15.0 Å². The van der Waals surface area contributed by atoms with Gasteiger partial charge >= 0.3 is 0 Å². The second kappa shape index (κ2) is 6.34. The molecule has 0 N–H and O–H groups in total. The Bertz CT molecular complexity index is 625. The minimum absolute atomic E-state index is 0.448. The minimum atomic E-state index is 0.448. The summed E-state index contributed by atoms with van der Waals surface area (Å²) in [4.78, 5) is 1.99. The zero-order valence-corrected chi connectivity index (χ0v) is 17.0. The van der Waals surface area contributed by atoms with Gasteiger partial charge in [-0.15, -0.1) is 0 Å². The fourth-order valence-electron chi connectivity index (χ4n) is 8.52. The minimum Gasteiger partial charge on any atom is -0.182 e. The van der Waals surface area contributed by atoms with Crippen LogP contribution < -0.4 is 0 Å². The smallest absolute Gasteiger partial charge is 0.0721 e. The van der Waals surface area contributed by atoms with Gasteiger partial charge in [0.05, 0.1) is 18.4 Å². The molecular formula is C23H37N3. The predicted octanol–water partition coefficient (Wildman–Crippen LogP) is 5.74. The highest BCUT2D eigenvalue weighted by molar-refractivity contribution is 5.07. The van der Waals surface area contributed by atoms with Gasteiger partial charge in [0.1, 0.15) is 0 Å². The third kappa shape index (κ3) is 2.52. The van der Waals surface area contributed by atoms with E-state index in [4.69, 9.17) is 0 Å². The van der Waals surface area contributed by atoms with Crippen LogP contribution in [0.3, 0.4) is 0 Å². The molecule has 5 rings (SSSR count). The van der Waals surface area contributed by atoms with Gasteiger partial charge in [-0.05, 0) is 105 Å². The van der Waals surface area contributed by atoms with Gasteiger partial charge in [0.2, 0.25) is 0 Å². The highest BCUT2D eigenvalue weighted by Gasteiger charge is 2.58. The highest BCUT2D eigenvalue weighted by atomic mass is 15.5. The van der Waals surface area contributed by atoms with Crippen LogP contribution in [0.2, 0.25) is 0 Å². The predicted molar refractivity (Wildman–Crippen MR) is 104 cm³/mol. The van der Waals surface area contributed by atoms with Crippen molar-refractivity contribution < 1.29 is 0 Å². The zero-order valence-electron chi connectivity index (χ0n) is 17.0. The summed E-state index contributed by atoms with van der Waals surface area (Å²) in [5.41, 5.74) is 0.517. The molecule has 1 heterocycles. The van der Waals surface area contributed by atoms with E-state index in [-0.39, 0.29) is 0 Å². The monoisotopic (exact) mass is 355 g/mol. The van der Waals surface area contributed by atoms with Gasteiger partial charge in [-0.3, -0.25) is 0 Å². The van der Waals surface area contributed by atoms with E-state index in [1.807, 2.05) is 17.2 Å². The Labute approximate surface area is 159 Å². The average Bonchev–Trinajstić information content (AvgIpc) is 3.28. The molecule has 26 heavy (non-hydrogen) atoms. The molecule has 4 aliphatic carbocycles. The fraction of sp³-hybridized carbons (Fsp3) is 0.913. The average molecular weight is 356 g/mol. The van der Waals surface area contributed by atoms with Crippen LogP contribution in [0, 0.1) is 46.8 Å². The van der Waals surface area contributed by atoms with Crippen LogP contribution in [0.15, 0.2) is 12.4 Å². The molecule has 3 heteroatoms. The first kappa shape index (κ1) is 17.3. The maximum absolute atomic E-state index is 4.48. The van der Waals surface area contributed by atoms with Gasteiger partial charge in [0, 0.05) is 0 Å². The van der Waals surface area contributed by atoms with Crippen LogP contribution >= 0.6 is 0 Å². The highest BCUT2D eigenvalue weighted by Crippen LogP contribution is 2.65. The summed E-state index contributed by atoms with van der Waals surface area (Å²) >= 11 is 0. The SMILES string of the molecule is CC1CCC2C(CCC3C2CCC2(C)C3CCC2C(C)n2nccn2)C1. The number of fused-ring (bicyclic) bond motifs is 5. The molecule has 4 fully saturated rings. The quantitative estimate of drug-likeness (QED) is 0.677. The van der Waals surface area contributed by atoms with E-state index in [0.717, 1.165) is 41.4 Å². The third-order valence-electron chi connectivity index (χ3n) is 9.67. The molecule has 4 aliphatic rings. The molecule has 1 aromatic rings. The van der Waals surface area contributed by atoms with E-state index in [0.29, 0.717) is 11.5 Å². The zero-order chi connectivity index (χ0) is 17.9. The lowest BCUT2D eigenvalue weighted by Crippen LogP contribution is -2.49. The molecule has 0 bridgehead atoms. The van der Waals surface area contributed by atoms with E-state index >= 15 is 0 Å². The van der Waals surface area contributed by atoms with E-state index in [2.05, 4.69) is 31.0 Å². The van der Waals surface area contributed by atoms with Crippen molar-refractivity contribution in [1.82, 2.24) is 15.0 Å². The van der Waals surface area contributed by atoms with Gasteiger partial charge in [0.15, 0.2) is 0 Å². The maximum atomic E-state index is 4.48. The summed E-state index contributed by atoms with van der Waals surface area (Å²) in [7, 11) is 0. The second-order valence-electron chi connectivity index (χ2n) is 10.7. The van der Waals surface area contributed by atoms with Gasteiger partial charge < -0.3 is 0 Å². The summed E-state index contributed by atoms with van der Waals surface area (Å²) in [6.45, 7) is 7.50. The number of hydrogen-bond acceptors (Lipinski definition) is 2. The molecule has 4 saturated carbocycles. The third-order valence-corrected chi connectivity index (χ3v) is 9.67. The Kier molecular flexibility index (Phi) is 4.21. The Balaban J connectivity index is 1.37. The van der Waals surface area contributed by atoms with Gasteiger partial charge in [-0.25, -0.2) is 0 Å². The summed E-state index contributed by atoms with van der Waals surface area (Å²) < 4.78 is 0. The van der Waals surface area contributed by atoms with Crippen LogP contribution in [0.5, 0.6) is 0 Å². The molecule has 1 aromatic heterocycles. The molecule has 144 valence electrons. The van der Waals surface area contributed by atoms with Crippen LogP contribution in [-0.4, -0.2) is 15.0 Å². The van der Waals surface area contributed by atoms with Crippen molar-refractivity contribution in [2.45, 2.75) is 84.6 Å². The summed E-state index contributed by atoms with van der Waals surface area (Å²) in [5, 5.41) is 8.96. The van der Waals surface area contributed by atoms with Crippen molar-refractivity contribution >= 4 is 0 Å². The topological polar surface area (TPSA) is 30.7 Å². The molecule has 9 unspecified atom stereocenters. The van der Waals surface area contributed by atoms with E-state index in [9.17, 15) is 0 Å². The number of rotatable bonds is 2. The molecule has 0 aromatic carbocycles. The molecule has 0 saturated heterocycles. The van der Waals surface area contributed by atoms with E-state index < -0.39 is 0 Å². The van der Waals surface area contributed by atoms with Crippen molar-refractivity contribution in [3.05, 3.63) is 12.4 Å². The van der Waals surface area contributed by atoms with Crippen molar-refractivity contribution in [3.8, 4) is 0 Å². The van der Waals surface area contributed by atoms with Crippen molar-refractivity contribution in [1.29, 1.82) is 0 Å². The van der Waals surface area contributed by atoms with Gasteiger partial charge in [0.25, 0.3) is 0 Å². The number of hydrogen-bond donors (Lipinski definition) is 0. The summed E-state index contributed by atoms with van der Waals surface area (Å²) in [5.74, 6) is 6.91. The van der Waals surface area contributed by atoms with Crippen LogP contribution in [0.4, 0.5) is 0 Å². The lowest BCUT2D eigenvalue weighted by molar-refractivity contribution is -0.0730. The van der Waals surface area contributed by atoms with Crippen molar-refractivity contribution in [3.63, 3.8) is 0 Å². The van der Waals surface area contributed by atoms with Gasteiger partial charge in [-0.1, -0.05) is 20.3 Å². The van der Waals surface area contributed by atoms with Crippen LogP contribution in [-0.2, 0) is 0 Å². The second-order valence-corrected chi connectivity index (χ2v) is 10.7. The van der Waals surface area contributed by atoms with Crippen molar-refractivity contribution in [2.75, 3.05) is 0 Å². The first-order valence-electron chi connectivity index (χ1n) is 11.4. The van der Waals surface area contributed by atoms with Crippen LogP contribution in [0.25, 0.3) is 0 Å². The molecular weight excluding hydrogens is 318 g/mol. The Morgan fingerprint density at radius 3 is 2.50 bits per heavy atom. The number of nitrogens with zero attached hydrogens (tertiary/aromatic N) is 3.